The maximum Gasteiger partial charge on any atom is 0.102 e. The topological polar surface area (TPSA) is 81.2 Å². The molecule has 0 bridgehead atoms. The van der Waals surface area contributed by atoms with Gasteiger partial charge in [0, 0.05) is 32.7 Å². The highest BCUT2D eigenvalue weighted by atomic mass is 15.0. The van der Waals surface area contributed by atoms with Gasteiger partial charge in [0.25, 0.3) is 0 Å². The molecule has 2 heterocycles. The molecule has 9 aromatic rings. The van der Waals surface area contributed by atoms with Crippen LogP contribution in [0.25, 0.3) is 77.2 Å². The molecule has 5 nitrogen and oxygen atoms in total. The smallest absolute Gasteiger partial charge is 0.102 e. The van der Waals surface area contributed by atoms with Crippen molar-refractivity contribution in [1.82, 2.24) is 9.13 Å². The number of hydrogen-bond donors (Lipinski definition) is 0. The zero-order valence-corrected chi connectivity index (χ0v) is 26.7. The number of benzene rings is 7. The Balaban J connectivity index is 1.34. The van der Waals surface area contributed by atoms with E-state index in [0.717, 1.165) is 55.2 Å². The second kappa shape index (κ2) is 11.4. The van der Waals surface area contributed by atoms with E-state index >= 15 is 0 Å². The fourth-order valence-corrected chi connectivity index (χ4v) is 7.58. The third-order valence-corrected chi connectivity index (χ3v) is 9.67. The summed E-state index contributed by atoms with van der Waals surface area (Å²) in [7, 11) is 0. The van der Waals surface area contributed by atoms with Crippen LogP contribution in [0, 0.1) is 34.0 Å². The van der Waals surface area contributed by atoms with Gasteiger partial charge >= 0.3 is 0 Å². The van der Waals surface area contributed by atoms with Crippen LogP contribution in [-0.2, 0) is 0 Å². The summed E-state index contributed by atoms with van der Waals surface area (Å²) in [5, 5.41) is 35.4. The number of nitrogens with zero attached hydrogens (tertiary/aromatic N) is 5. The van der Waals surface area contributed by atoms with E-state index in [1.165, 1.54) is 10.8 Å². The molecule has 0 saturated carbocycles. The highest BCUT2D eigenvalue weighted by Gasteiger charge is 2.24. The van der Waals surface area contributed by atoms with Crippen molar-refractivity contribution >= 4 is 43.6 Å². The number of nitriles is 3. The van der Waals surface area contributed by atoms with E-state index in [4.69, 9.17) is 0 Å². The van der Waals surface area contributed by atoms with Crippen LogP contribution in [0.4, 0.5) is 0 Å². The lowest BCUT2D eigenvalue weighted by atomic mass is 9.88. The first-order chi connectivity index (χ1) is 24.7. The summed E-state index contributed by atoms with van der Waals surface area (Å²) < 4.78 is 4.38. The summed E-state index contributed by atoms with van der Waals surface area (Å²) in [5.41, 5.74) is 10.3. The SMILES string of the molecule is N#Cc1ccc2c(c1)c1ccccc1n2-c1ccc(C#N)c(-c2ccccc2-c2ccccc2-n2c3ccccc3c3ccccc32)c1C#N. The molecule has 0 aliphatic heterocycles. The first kappa shape index (κ1) is 28.8. The molecule has 2 aromatic heterocycles. The van der Waals surface area contributed by atoms with E-state index in [1.807, 2.05) is 78.9 Å². The molecule has 0 spiro atoms. The van der Waals surface area contributed by atoms with Crippen molar-refractivity contribution in [3.05, 3.63) is 168 Å². The average molecular weight is 636 g/mol. The molecule has 0 amide bonds. The van der Waals surface area contributed by atoms with Crippen LogP contribution >= 0.6 is 0 Å². The van der Waals surface area contributed by atoms with Gasteiger partial charge in [-0.3, -0.25) is 0 Å². The standard InChI is InChI=1S/C45H25N5/c46-26-29-21-23-43-37(25-29)35-15-6-10-20-42(35)50(43)44-24-22-30(27-47)45(38(44)28-48)36-16-2-1-11-31(36)32-12-3-7-17-39(32)49-40-18-8-4-13-33(40)34-14-5-9-19-41(34)49/h1-25H. The molecule has 7 aromatic carbocycles. The minimum Gasteiger partial charge on any atom is -0.309 e. The van der Waals surface area contributed by atoms with E-state index in [2.05, 4.69) is 94.1 Å². The van der Waals surface area contributed by atoms with Crippen LogP contribution in [0.3, 0.4) is 0 Å². The highest BCUT2D eigenvalue weighted by Crippen LogP contribution is 2.43. The minimum atomic E-state index is 0.401. The fourth-order valence-electron chi connectivity index (χ4n) is 7.58. The summed E-state index contributed by atoms with van der Waals surface area (Å²) in [6.07, 6.45) is 0. The van der Waals surface area contributed by atoms with Crippen LogP contribution in [0.1, 0.15) is 16.7 Å². The second-order valence-corrected chi connectivity index (χ2v) is 12.2. The van der Waals surface area contributed by atoms with Gasteiger partial charge in [0.05, 0.1) is 62.3 Å². The van der Waals surface area contributed by atoms with Crippen LogP contribution in [-0.4, -0.2) is 9.13 Å². The van der Waals surface area contributed by atoms with Crippen molar-refractivity contribution in [1.29, 1.82) is 15.8 Å². The predicted molar refractivity (Wildman–Crippen MR) is 200 cm³/mol. The number of aromatic nitrogens is 2. The molecule has 9 rings (SSSR count). The van der Waals surface area contributed by atoms with Crippen LogP contribution in [0.5, 0.6) is 0 Å². The molecule has 0 aliphatic rings. The lowest BCUT2D eigenvalue weighted by molar-refractivity contribution is 1.16. The molecule has 0 radical (unpaired) electrons. The average Bonchev–Trinajstić information content (AvgIpc) is 3.69. The molecule has 0 atom stereocenters. The Morgan fingerprint density at radius 2 is 0.900 bits per heavy atom. The zero-order chi connectivity index (χ0) is 33.8. The first-order valence-corrected chi connectivity index (χ1v) is 16.3. The van der Waals surface area contributed by atoms with Gasteiger partial charge in [0.2, 0.25) is 0 Å². The molecule has 0 aliphatic carbocycles. The van der Waals surface area contributed by atoms with Gasteiger partial charge in [0.15, 0.2) is 0 Å². The Kier molecular flexibility index (Phi) is 6.56. The molecule has 0 fully saturated rings. The van der Waals surface area contributed by atoms with Gasteiger partial charge in [-0.25, -0.2) is 0 Å². The minimum absolute atomic E-state index is 0.401. The van der Waals surface area contributed by atoms with Crippen molar-refractivity contribution in [2.45, 2.75) is 0 Å². The predicted octanol–water partition coefficient (Wildman–Crippen LogP) is 10.8. The van der Waals surface area contributed by atoms with Crippen molar-refractivity contribution in [2.24, 2.45) is 0 Å². The highest BCUT2D eigenvalue weighted by molar-refractivity contribution is 6.11. The van der Waals surface area contributed by atoms with Crippen LogP contribution < -0.4 is 0 Å². The van der Waals surface area contributed by atoms with E-state index in [1.54, 1.807) is 6.07 Å². The van der Waals surface area contributed by atoms with Gasteiger partial charge in [-0.2, -0.15) is 15.8 Å². The number of hydrogen-bond acceptors (Lipinski definition) is 3. The Labute approximate surface area is 287 Å². The van der Waals surface area contributed by atoms with Gasteiger partial charge in [0.1, 0.15) is 6.07 Å². The fraction of sp³-hybridized carbons (Fsp3) is 0. The quantitative estimate of drug-likeness (QED) is 0.193. The number of fused-ring (bicyclic) bond motifs is 6. The number of rotatable bonds is 4. The van der Waals surface area contributed by atoms with Gasteiger partial charge in [-0.05, 0) is 65.7 Å². The lowest BCUT2D eigenvalue weighted by Crippen LogP contribution is -2.03. The van der Waals surface area contributed by atoms with Crippen molar-refractivity contribution < 1.29 is 0 Å². The molecule has 0 saturated heterocycles. The van der Waals surface area contributed by atoms with Crippen LogP contribution in [0.2, 0.25) is 0 Å². The Morgan fingerprint density at radius 3 is 1.52 bits per heavy atom. The van der Waals surface area contributed by atoms with Crippen LogP contribution in [0.15, 0.2) is 152 Å². The maximum atomic E-state index is 11.0. The third kappa shape index (κ3) is 4.17. The summed E-state index contributed by atoms with van der Waals surface area (Å²) in [4.78, 5) is 0. The first-order valence-electron chi connectivity index (χ1n) is 16.3. The molecule has 0 unspecified atom stereocenters. The normalized spacial score (nSPS) is 11.1. The summed E-state index contributed by atoms with van der Waals surface area (Å²) in [5.74, 6) is 0. The number of para-hydroxylation sites is 4. The van der Waals surface area contributed by atoms with E-state index in [-0.39, 0.29) is 0 Å². The van der Waals surface area contributed by atoms with Crippen molar-refractivity contribution in [2.75, 3.05) is 0 Å². The van der Waals surface area contributed by atoms with E-state index < -0.39 is 0 Å². The van der Waals surface area contributed by atoms with Crippen molar-refractivity contribution in [3.8, 4) is 51.8 Å². The van der Waals surface area contributed by atoms with E-state index in [9.17, 15) is 15.8 Å². The van der Waals surface area contributed by atoms with Gasteiger partial charge in [-0.1, -0.05) is 97.1 Å². The van der Waals surface area contributed by atoms with Crippen molar-refractivity contribution in [3.63, 3.8) is 0 Å². The molecule has 5 heteroatoms. The Bertz CT molecular complexity index is 2920. The Morgan fingerprint density at radius 1 is 0.380 bits per heavy atom. The van der Waals surface area contributed by atoms with E-state index in [0.29, 0.717) is 27.9 Å². The van der Waals surface area contributed by atoms with Gasteiger partial charge < -0.3 is 9.13 Å². The summed E-state index contributed by atoms with van der Waals surface area (Å²) in [6.45, 7) is 0. The third-order valence-electron chi connectivity index (χ3n) is 9.67. The molecule has 0 N–H and O–H groups in total. The zero-order valence-electron chi connectivity index (χ0n) is 26.7. The second-order valence-electron chi connectivity index (χ2n) is 12.2. The molecule has 50 heavy (non-hydrogen) atoms. The monoisotopic (exact) mass is 635 g/mol. The van der Waals surface area contributed by atoms with Gasteiger partial charge in [-0.15, -0.1) is 0 Å². The molecule has 230 valence electrons. The summed E-state index contributed by atoms with van der Waals surface area (Å²) >= 11 is 0. The maximum absolute atomic E-state index is 11.0. The molecular weight excluding hydrogens is 611 g/mol. The lowest BCUT2D eigenvalue weighted by Gasteiger charge is -2.19. The Hall–Kier alpha value is -7.39. The summed E-state index contributed by atoms with van der Waals surface area (Å²) in [6, 6.07) is 57.7. The largest absolute Gasteiger partial charge is 0.309 e. The molecular formula is C45H25N5.